The molecule has 116 valence electrons. The molecule has 0 saturated heterocycles. The first kappa shape index (κ1) is 16.4. The number of hydrogen-bond donors (Lipinski definition) is 2. The second-order valence-electron chi connectivity index (χ2n) is 4.38. The molecule has 2 amide bonds. The van der Waals surface area contributed by atoms with Crippen LogP contribution in [-0.2, 0) is 10.5 Å². The molecular formula is C14H16N4O2S2. The quantitative estimate of drug-likeness (QED) is 0.622. The third kappa shape index (κ3) is 5.45. The monoisotopic (exact) mass is 336 g/mol. The molecule has 0 spiro atoms. The van der Waals surface area contributed by atoms with Gasteiger partial charge in [-0.05, 0) is 19.1 Å². The van der Waals surface area contributed by atoms with Gasteiger partial charge in [-0.25, -0.2) is 4.98 Å². The lowest BCUT2D eigenvalue weighted by Crippen LogP contribution is -2.42. The van der Waals surface area contributed by atoms with Gasteiger partial charge in [0.15, 0.2) is 0 Å². The number of aromatic nitrogens is 2. The van der Waals surface area contributed by atoms with Crippen LogP contribution in [0.5, 0.6) is 0 Å². The normalized spacial score (nSPS) is 10.2. The topological polar surface area (TPSA) is 84.0 Å². The van der Waals surface area contributed by atoms with Crippen molar-refractivity contribution in [3.05, 3.63) is 46.2 Å². The Morgan fingerprint density at radius 2 is 2.18 bits per heavy atom. The van der Waals surface area contributed by atoms with E-state index in [9.17, 15) is 9.59 Å². The van der Waals surface area contributed by atoms with Crippen molar-refractivity contribution in [1.82, 2.24) is 20.8 Å². The van der Waals surface area contributed by atoms with Crippen LogP contribution in [0.3, 0.4) is 0 Å². The molecule has 0 aliphatic rings. The van der Waals surface area contributed by atoms with E-state index in [2.05, 4.69) is 20.8 Å². The zero-order valence-electron chi connectivity index (χ0n) is 12.0. The van der Waals surface area contributed by atoms with Crippen molar-refractivity contribution < 1.29 is 9.59 Å². The smallest absolute Gasteiger partial charge is 0.273 e. The van der Waals surface area contributed by atoms with Crippen molar-refractivity contribution in [3.8, 4) is 0 Å². The van der Waals surface area contributed by atoms with Crippen LogP contribution in [-0.4, -0.2) is 27.5 Å². The van der Waals surface area contributed by atoms with Gasteiger partial charge in [-0.3, -0.25) is 25.4 Å². The van der Waals surface area contributed by atoms with Gasteiger partial charge in [-0.15, -0.1) is 11.3 Å². The number of pyridine rings is 1. The molecule has 0 unspecified atom stereocenters. The highest BCUT2D eigenvalue weighted by Crippen LogP contribution is 2.15. The second-order valence-corrected chi connectivity index (χ2v) is 6.55. The Hall–Kier alpha value is -1.93. The Morgan fingerprint density at radius 1 is 1.32 bits per heavy atom. The summed E-state index contributed by atoms with van der Waals surface area (Å²) in [6.45, 7) is 1.97. The van der Waals surface area contributed by atoms with Gasteiger partial charge in [-0.1, -0.05) is 6.07 Å². The summed E-state index contributed by atoms with van der Waals surface area (Å²) in [7, 11) is 0. The van der Waals surface area contributed by atoms with E-state index in [1.165, 1.54) is 6.20 Å². The number of thiazole rings is 1. The van der Waals surface area contributed by atoms with E-state index in [1.807, 2.05) is 12.3 Å². The summed E-state index contributed by atoms with van der Waals surface area (Å²) in [5.74, 6) is 0.797. The molecular weight excluding hydrogens is 320 g/mol. The third-order valence-electron chi connectivity index (χ3n) is 2.60. The van der Waals surface area contributed by atoms with Crippen molar-refractivity contribution in [3.63, 3.8) is 0 Å². The molecule has 0 bridgehead atoms. The molecule has 2 N–H and O–H groups in total. The molecule has 22 heavy (non-hydrogen) atoms. The zero-order chi connectivity index (χ0) is 15.8. The van der Waals surface area contributed by atoms with Crippen LogP contribution in [0.2, 0.25) is 0 Å². The number of carbonyl (C=O) groups excluding carboxylic acids is 2. The third-order valence-corrected chi connectivity index (χ3v) is 4.42. The second kappa shape index (κ2) is 8.50. The van der Waals surface area contributed by atoms with Crippen LogP contribution in [0.4, 0.5) is 0 Å². The summed E-state index contributed by atoms with van der Waals surface area (Å²) in [6, 6.07) is 5.00. The maximum Gasteiger partial charge on any atom is 0.288 e. The van der Waals surface area contributed by atoms with Gasteiger partial charge >= 0.3 is 0 Å². The van der Waals surface area contributed by atoms with E-state index in [1.54, 1.807) is 41.3 Å². The van der Waals surface area contributed by atoms with Crippen LogP contribution < -0.4 is 10.9 Å². The lowest BCUT2D eigenvalue weighted by molar-refractivity contribution is -0.121. The number of rotatable bonds is 6. The largest absolute Gasteiger partial charge is 0.288 e. The van der Waals surface area contributed by atoms with Gasteiger partial charge in [0.2, 0.25) is 5.91 Å². The van der Waals surface area contributed by atoms with Crippen LogP contribution in [0.15, 0.2) is 29.8 Å². The minimum atomic E-state index is -0.431. The van der Waals surface area contributed by atoms with Gasteiger partial charge in [0.1, 0.15) is 5.69 Å². The van der Waals surface area contributed by atoms with E-state index < -0.39 is 5.91 Å². The molecule has 0 aliphatic carbocycles. The highest BCUT2D eigenvalue weighted by atomic mass is 32.2. The van der Waals surface area contributed by atoms with E-state index in [0.717, 1.165) is 16.5 Å². The minimum Gasteiger partial charge on any atom is -0.273 e. The molecule has 8 heteroatoms. The molecule has 6 nitrogen and oxygen atoms in total. The molecule has 0 atom stereocenters. The first-order valence-corrected chi connectivity index (χ1v) is 8.67. The van der Waals surface area contributed by atoms with Crippen molar-refractivity contribution in [2.75, 3.05) is 5.75 Å². The number of hydrazine groups is 1. The number of nitrogens with one attached hydrogen (secondary N) is 2. The Labute approximate surface area is 136 Å². The average Bonchev–Trinajstić information content (AvgIpc) is 2.95. The fourth-order valence-corrected chi connectivity index (χ4v) is 3.12. The Balaban J connectivity index is 1.61. The van der Waals surface area contributed by atoms with Gasteiger partial charge < -0.3 is 0 Å². The fourth-order valence-electron chi connectivity index (χ4n) is 1.57. The van der Waals surface area contributed by atoms with E-state index >= 15 is 0 Å². The van der Waals surface area contributed by atoms with Crippen molar-refractivity contribution in [2.45, 2.75) is 19.1 Å². The standard InChI is InChI=1S/C14H16N4O2S2/c1-10-16-11(9-22-10)8-21-7-5-13(19)17-18-14(20)12-4-2-3-6-15-12/h2-4,6,9H,5,7-8H2,1H3,(H,17,19)(H,18,20). The number of hydrogen-bond acceptors (Lipinski definition) is 6. The molecule has 0 aromatic carbocycles. The summed E-state index contributed by atoms with van der Waals surface area (Å²) in [6.07, 6.45) is 1.85. The number of thioether (sulfide) groups is 1. The molecule has 2 aromatic heterocycles. The summed E-state index contributed by atoms with van der Waals surface area (Å²) in [4.78, 5) is 31.5. The van der Waals surface area contributed by atoms with Gasteiger partial charge in [0.05, 0.1) is 10.7 Å². The van der Waals surface area contributed by atoms with Crippen LogP contribution in [0.1, 0.15) is 27.6 Å². The summed E-state index contributed by atoms with van der Waals surface area (Å²) in [5.41, 5.74) is 6.02. The van der Waals surface area contributed by atoms with Gasteiger partial charge in [0, 0.05) is 29.5 Å². The summed E-state index contributed by atoms with van der Waals surface area (Å²) >= 11 is 3.26. The van der Waals surface area contributed by atoms with E-state index in [4.69, 9.17) is 0 Å². The van der Waals surface area contributed by atoms with Crippen LogP contribution in [0, 0.1) is 6.92 Å². The van der Waals surface area contributed by atoms with Gasteiger partial charge in [0.25, 0.3) is 5.91 Å². The summed E-state index contributed by atoms with van der Waals surface area (Å²) in [5, 5.41) is 3.07. The lowest BCUT2D eigenvalue weighted by atomic mass is 10.3. The number of aryl methyl sites for hydroxylation is 1. The molecule has 0 aliphatic heterocycles. The van der Waals surface area contributed by atoms with E-state index in [0.29, 0.717) is 12.2 Å². The Bertz CT molecular complexity index is 631. The molecule has 2 rings (SSSR count). The molecule has 0 radical (unpaired) electrons. The highest BCUT2D eigenvalue weighted by Gasteiger charge is 2.08. The SMILES string of the molecule is Cc1nc(CSCCC(=O)NNC(=O)c2ccccn2)cs1. The average molecular weight is 336 g/mol. The minimum absolute atomic E-state index is 0.230. The fraction of sp³-hybridized carbons (Fsp3) is 0.286. The molecule has 0 saturated carbocycles. The van der Waals surface area contributed by atoms with Crippen LogP contribution >= 0.6 is 23.1 Å². The predicted octanol–water partition coefficient (Wildman–Crippen LogP) is 1.93. The maximum absolute atomic E-state index is 11.7. The van der Waals surface area contributed by atoms with Crippen molar-refractivity contribution >= 4 is 34.9 Å². The molecule has 2 heterocycles. The van der Waals surface area contributed by atoms with Crippen LogP contribution in [0.25, 0.3) is 0 Å². The summed E-state index contributed by atoms with van der Waals surface area (Å²) < 4.78 is 0. The maximum atomic E-state index is 11.7. The number of nitrogens with zero attached hydrogens (tertiary/aromatic N) is 2. The Kier molecular flexibility index (Phi) is 6.35. The van der Waals surface area contributed by atoms with Crippen molar-refractivity contribution in [2.24, 2.45) is 0 Å². The predicted molar refractivity (Wildman–Crippen MR) is 87.5 cm³/mol. The number of carbonyl (C=O) groups is 2. The zero-order valence-corrected chi connectivity index (χ0v) is 13.7. The Morgan fingerprint density at radius 3 is 2.86 bits per heavy atom. The number of amides is 2. The molecule has 2 aromatic rings. The molecule has 0 fully saturated rings. The van der Waals surface area contributed by atoms with Gasteiger partial charge in [-0.2, -0.15) is 11.8 Å². The van der Waals surface area contributed by atoms with Crippen molar-refractivity contribution in [1.29, 1.82) is 0 Å². The lowest BCUT2D eigenvalue weighted by Gasteiger charge is -2.06. The first-order chi connectivity index (χ1) is 10.6. The highest BCUT2D eigenvalue weighted by molar-refractivity contribution is 7.98. The van der Waals surface area contributed by atoms with E-state index in [-0.39, 0.29) is 11.6 Å². The first-order valence-electron chi connectivity index (χ1n) is 6.64.